The predicted molar refractivity (Wildman–Crippen MR) is 120 cm³/mol. The van der Waals surface area contributed by atoms with Crippen molar-refractivity contribution in [2.24, 2.45) is 0 Å². The van der Waals surface area contributed by atoms with E-state index < -0.39 is 17.7 Å². The zero-order valence-corrected chi connectivity index (χ0v) is 18.3. The maximum absolute atomic E-state index is 14.0. The molecule has 2 heterocycles. The Morgan fingerprint density at radius 1 is 1.16 bits per heavy atom. The number of hydrogen-bond donors (Lipinski definition) is 3. The minimum Gasteiger partial charge on any atom is -0.487 e. The van der Waals surface area contributed by atoms with Crippen molar-refractivity contribution >= 4 is 23.3 Å². The molecule has 2 aromatic carbocycles. The van der Waals surface area contributed by atoms with Gasteiger partial charge in [-0.05, 0) is 49.2 Å². The molecule has 0 aromatic heterocycles. The topological polar surface area (TPSA) is 88.7 Å². The third kappa shape index (κ3) is 4.64. The number of carbonyl (C=O) groups excluding carboxylic acids is 2. The van der Waals surface area contributed by atoms with E-state index in [9.17, 15) is 14.0 Å². The highest BCUT2D eigenvalue weighted by atomic mass is 19.1. The van der Waals surface area contributed by atoms with Crippen LogP contribution in [0.4, 0.5) is 20.6 Å². The van der Waals surface area contributed by atoms with Crippen LogP contribution in [0.1, 0.15) is 57.6 Å². The second kappa shape index (κ2) is 9.06. The van der Waals surface area contributed by atoms with Crippen molar-refractivity contribution < 1.29 is 23.5 Å². The molecule has 0 saturated heterocycles. The molecule has 0 radical (unpaired) electrons. The van der Waals surface area contributed by atoms with E-state index in [0.29, 0.717) is 34.9 Å². The molecule has 0 unspecified atom stereocenters. The van der Waals surface area contributed by atoms with Gasteiger partial charge in [-0.15, -0.1) is 0 Å². The Kier molecular flexibility index (Phi) is 6.21. The Morgan fingerprint density at radius 3 is 2.66 bits per heavy atom. The molecular formula is C24H28FN3O4. The monoisotopic (exact) mass is 441 g/mol. The summed E-state index contributed by atoms with van der Waals surface area (Å²) in [6.07, 6.45) is 4.15. The number of urea groups is 1. The average Bonchev–Trinajstić information content (AvgIpc) is 2.74. The molecular weight excluding hydrogens is 413 g/mol. The van der Waals surface area contributed by atoms with Gasteiger partial charge in [0.25, 0.3) is 5.91 Å². The number of fused-ring (bicyclic) bond motifs is 2. The van der Waals surface area contributed by atoms with Crippen LogP contribution in [0.3, 0.4) is 0 Å². The summed E-state index contributed by atoms with van der Waals surface area (Å²) >= 11 is 0. The van der Waals surface area contributed by atoms with Crippen molar-refractivity contribution in [2.75, 3.05) is 17.2 Å². The van der Waals surface area contributed by atoms with Crippen LogP contribution in [0.25, 0.3) is 0 Å². The van der Waals surface area contributed by atoms with Gasteiger partial charge in [0.15, 0.2) is 6.61 Å². The fourth-order valence-corrected chi connectivity index (χ4v) is 4.60. The molecule has 0 bridgehead atoms. The van der Waals surface area contributed by atoms with Crippen LogP contribution in [0.15, 0.2) is 36.4 Å². The number of halogens is 1. The van der Waals surface area contributed by atoms with Crippen LogP contribution in [0, 0.1) is 5.82 Å². The molecule has 8 heteroatoms. The smallest absolute Gasteiger partial charge is 0.319 e. The van der Waals surface area contributed by atoms with E-state index in [0.717, 1.165) is 25.7 Å². The lowest BCUT2D eigenvalue weighted by Gasteiger charge is -2.42. The lowest BCUT2D eigenvalue weighted by molar-refractivity contribution is -0.118. The molecule has 32 heavy (non-hydrogen) atoms. The van der Waals surface area contributed by atoms with E-state index in [4.69, 9.17) is 9.47 Å². The highest BCUT2D eigenvalue weighted by Gasteiger charge is 2.40. The van der Waals surface area contributed by atoms with Crippen molar-refractivity contribution in [2.45, 2.75) is 57.6 Å². The normalized spacial score (nSPS) is 18.3. The van der Waals surface area contributed by atoms with Crippen molar-refractivity contribution in [1.82, 2.24) is 5.32 Å². The Balaban J connectivity index is 1.54. The van der Waals surface area contributed by atoms with Gasteiger partial charge >= 0.3 is 6.03 Å². The lowest BCUT2D eigenvalue weighted by Crippen LogP contribution is -2.46. The zero-order chi connectivity index (χ0) is 22.7. The molecule has 0 saturated carbocycles. The standard InChI is InChI=1S/C24H28FN3O4/c1-3-9-24(10-4-2)13-19(17-11-15(25)5-7-20(17)32-24)28-23(30)26-16-6-8-21-18(12-16)27-22(29)14-31-21/h5-8,11-12,19H,3-4,9-10,13-14H2,1-2H3,(H,27,29)(H2,26,28,30)/t19-/m1/s1. The SMILES string of the molecule is CCCC1(CCC)C[C@@H](NC(=O)Nc2ccc3c(c2)NC(=O)CO3)c2cc(F)ccc2O1. The van der Waals surface area contributed by atoms with Gasteiger partial charge in [-0.2, -0.15) is 0 Å². The van der Waals surface area contributed by atoms with Crippen molar-refractivity contribution in [3.8, 4) is 11.5 Å². The number of nitrogens with one attached hydrogen (secondary N) is 3. The van der Waals surface area contributed by atoms with E-state index in [1.165, 1.54) is 12.1 Å². The molecule has 3 N–H and O–H groups in total. The van der Waals surface area contributed by atoms with E-state index in [2.05, 4.69) is 29.8 Å². The highest BCUT2D eigenvalue weighted by Crippen LogP contribution is 2.44. The first-order chi connectivity index (χ1) is 15.4. The van der Waals surface area contributed by atoms with Crippen LogP contribution in [0.5, 0.6) is 11.5 Å². The van der Waals surface area contributed by atoms with Crippen molar-refractivity contribution in [3.05, 3.63) is 47.8 Å². The van der Waals surface area contributed by atoms with Crippen molar-refractivity contribution in [3.63, 3.8) is 0 Å². The largest absolute Gasteiger partial charge is 0.487 e. The molecule has 1 atom stereocenters. The van der Waals surface area contributed by atoms with Gasteiger partial charge in [0.1, 0.15) is 22.9 Å². The van der Waals surface area contributed by atoms with Gasteiger partial charge in [-0.1, -0.05) is 26.7 Å². The molecule has 4 rings (SSSR count). The summed E-state index contributed by atoms with van der Waals surface area (Å²) in [5.41, 5.74) is 1.24. The van der Waals surface area contributed by atoms with Gasteiger partial charge in [0, 0.05) is 17.7 Å². The number of rotatable bonds is 6. The first-order valence-electron chi connectivity index (χ1n) is 11.0. The Hall–Kier alpha value is -3.29. The fourth-order valence-electron chi connectivity index (χ4n) is 4.60. The molecule has 0 spiro atoms. The van der Waals surface area contributed by atoms with Crippen LogP contribution in [-0.2, 0) is 4.79 Å². The van der Waals surface area contributed by atoms with Gasteiger partial charge < -0.3 is 25.4 Å². The molecule has 2 aromatic rings. The molecule has 2 aliphatic rings. The molecule has 0 aliphatic carbocycles. The quantitative estimate of drug-likeness (QED) is 0.579. The van der Waals surface area contributed by atoms with Gasteiger partial charge in [0.2, 0.25) is 0 Å². The van der Waals surface area contributed by atoms with E-state index >= 15 is 0 Å². The Labute approximate surface area is 186 Å². The number of anilines is 2. The van der Waals surface area contributed by atoms with Gasteiger partial charge in [0.05, 0.1) is 11.7 Å². The summed E-state index contributed by atoms with van der Waals surface area (Å²) in [7, 11) is 0. The van der Waals surface area contributed by atoms with Crippen molar-refractivity contribution in [1.29, 1.82) is 0 Å². The fraction of sp³-hybridized carbons (Fsp3) is 0.417. The summed E-state index contributed by atoms with van der Waals surface area (Å²) in [4.78, 5) is 24.4. The number of benzene rings is 2. The summed E-state index contributed by atoms with van der Waals surface area (Å²) in [5.74, 6) is 0.540. The summed E-state index contributed by atoms with van der Waals surface area (Å²) in [6.45, 7) is 4.18. The van der Waals surface area contributed by atoms with E-state index in [1.807, 2.05) is 0 Å². The van der Waals surface area contributed by atoms with Gasteiger partial charge in [-0.25, -0.2) is 9.18 Å². The minimum atomic E-state index is -0.419. The first kappa shape index (κ1) is 21.9. The maximum atomic E-state index is 14.0. The van der Waals surface area contributed by atoms with Crippen LogP contribution in [-0.4, -0.2) is 24.1 Å². The number of amides is 3. The lowest BCUT2D eigenvalue weighted by atomic mass is 9.81. The number of carbonyl (C=O) groups is 2. The second-order valence-corrected chi connectivity index (χ2v) is 8.37. The first-order valence-corrected chi connectivity index (χ1v) is 11.0. The van der Waals surface area contributed by atoms with E-state index in [1.54, 1.807) is 24.3 Å². The molecule has 0 fully saturated rings. The zero-order valence-electron chi connectivity index (χ0n) is 18.3. The Morgan fingerprint density at radius 2 is 1.91 bits per heavy atom. The second-order valence-electron chi connectivity index (χ2n) is 8.37. The molecule has 2 aliphatic heterocycles. The predicted octanol–water partition coefficient (Wildman–Crippen LogP) is 5.14. The van der Waals surface area contributed by atoms with Crippen LogP contribution >= 0.6 is 0 Å². The third-order valence-corrected chi connectivity index (χ3v) is 5.84. The Bertz CT molecular complexity index is 1020. The molecule has 7 nitrogen and oxygen atoms in total. The number of hydrogen-bond acceptors (Lipinski definition) is 4. The molecule has 3 amide bonds. The van der Waals surface area contributed by atoms with Gasteiger partial charge in [-0.3, -0.25) is 4.79 Å². The summed E-state index contributed by atoms with van der Waals surface area (Å²) in [5, 5.41) is 8.51. The average molecular weight is 442 g/mol. The maximum Gasteiger partial charge on any atom is 0.319 e. The third-order valence-electron chi connectivity index (χ3n) is 5.84. The number of ether oxygens (including phenoxy) is 2. The van der Waals surface area contributed by atoms with E-state index in [-0.39, 0.29) is 18.3 Å². The van der Waals surface area contributed by atoms with Crippen LogP contribution in [0.2, 0.25) is 0 Å². The highest BCUT2D eigenvalue weighted by molar-refractivity contribution is 5.97. The summed E-state index contributed by atoms with van der Waals surface area (Å²) < 4.78 is 25.7. The summed E-state index contributed by atoms with van der Waals surface area (Å²) in [6, 6.07) is 8.67. The van der Waals surface area contributed by atoms with Crippen LogP contribution < -0.4 is 25.4 Å². The minimum absolute atomic E-state index is 0.0305. The molecule has 170 valence electrons.